The minimum absolute atomic E-state index is 0.0971. The number of carbonyl (C=O) groups excluding carboxylic acids is 1. The number of nitrogens with zero attached hydrogens (tertiary/aromatic N) is 1. The number of hydrogen-bond acceptors (Lipinski definition) is 6. The molecule has 1 heterocycles. The molecule has 0 amide bonds. The van der Waals surface area contributed by atoms with Gasteiger partial charge in [-0.15, -0.1) is 0 Å². The predicted molar refractivity (Wildman–Crippen MR) is 111 cm³/mol. The van der Waals surface area contributed by atoms with Crippen LogP contribution in [0.5, 0.6) is 11.5 Å². The Balaban J connectivity index is 2.10. The molecule has 1 aromatic heterocycles. The number of methoxy groups -OCH3 is 2. The van der Waals surface area contributed by atoms with E-state index in [9.17, 15) is 9.59 Å². The third-order valence-corrected chi connectivity index (χ3v) is 4.82. The van der Waals surface area contributed by atoms with Crippen molar-refractivity contribution in [1.29, 1.82) is 0 Å². The van der Waals surface area contributed by atoms with Crippen molar-refractivity contribution in [2.24, 2.45) is 0 Å². The number of aromatic carboxylic acids is 1. The molecule has 3 rings (SSSR count). The molecule has 0 aliphatic heterocycles. The van der Waals surface area contributed by atoms with Crippen LogP contribution in [-0.2, 0) is 0 Å². The Hall–Kier alpha value is -3.87. The lowest BCUT2D eigenvalue weighted by Crippen LogP contribution is -2.05. The molecule has 7 heteroatoms. The maximum absolute atomic E-state index is 13.0. The van der Waals surface area contributed by atoms with E-state index in [1.165, 1.54) is 31.4 Å². The van der Waals surface area contributed by atoms with Crippen LogP contribution in [0.25, 0.3) is 16.7 Å². The van der Waals surface area contributed by atoms with E-state index >= 15 is 0 Å². The second-order valence-corrected chi connectivity index (χ2v) is 6.64. The lowest BCUT2D eigenvalue weighted by molar-refractivity contribution is 0.0696. The predicted octanol–water partition coefficient (Wildman–Crippen LogP) is 4.57. The lowest BCUT2D eigenvalue weighted by atomic mass is 9.92. The number of allylic oxidation sites excluding steroid dienone is 1. The molecular weight excluding hydrogens is 386 g/mol. The average Bonchev–Trinajstić information content (AvgIpc) is 3.09. The first-order valence-electron chi connectivity index (χ1n) is 9.05. The first kappa shape index (κ1) is 20.9. The van der Waals surface area contributed by atoms with E-state index in [1.54, 1.807) is 26.2 Å². The van der Waals surface area contributed by atoms with Crippen LogP contribution in [0.15, 0.2) is 47.5 Å². The van der Waals surface area contributed by atoms with Crippen LogP contribution in [0.3, 0.4) is 0 Å². The summed E-state index contributed by atoms with van der Waals surface area (Å²) in [5.41, 5.74) is 3.25. The Morgan fingerprint density at radius 1 is 1.00 bits per heavy atom. The molecule has 0 spiro atoms. The van der Waals surface area contributed by atoms with Crippen molar-refractivity contribution >= 4 is 17.3 Å². The van der Waals surface area contributed by atoms with Crippen molar-refractivity contribution in [3.05, 3.63) is 71.1 Å². The van der Waals surface area contributed by atoms with Gasteiger partial charge in [-0.2, -0.15) is 0 Å². The number of hydrogen-bond donors (Lipinski definition) is 1. The summed E-state index contributed by atoms with van der Waals surface area (Å²) >= 11 is 0. The summed E-state index contributed by atoms with van der Waals surface area (Å²) in [7, 11) is 3.04. The molecule has 0 radical (unpaired) electrons. The fourth-order valence-electron chi connectivity index (χ4n) is 3.26. The van der Waals surface area contributed by atoms with Crippen LogP contribution in [-0.4, -0.2) is 36.2 Å². The molecule has 0 saturated heterocycles. The molecule has 1 N–H and O–H groups in total. The number of carboxylic acid groups (broad SMARTS) is 1. The third-order valence-electron chi connectivity index (χ3n) is 4.82. The summed E-state index contributed by atoms with van der Waals surface area (Å²) in [5, 5.41) is 13.0. The van der Waals surface area contributed by atoms with Crippen molar-refractivity contribution in [3.8, 4) is 22.6 Å². The number of aryl methyl sites for hydroxylation is 2. The van der Waals surface area contributed by atoms with Crippen molar-refractivity contribution in [2.45, 2.75) is 13.8 Å². The van der Waals surface area contributed by atoms with Gasteiger partial charge in [0.1, 0.15) is 17.3 Å². The van der Waals surface area contributed by atoms with Gasteiger partial charge in [0.05, 0.1) is 31.0 Å². The first-order chi connectivity index (χ1) is 14.3. The Labute approximate surface area is 173 Å². The molecule has 0 bridgehead atoms. The number of carbonyl (C=O) groups is 2. The van der Waals surface area contributed by atoms with E-state index in [0.29, 0.717) is 39.6 Å². The summed E-state index contributed by atoms with van der Waals surface area (Å²) < 4.78 is 16.3. The largest absolute Gasteiger partial charge is 0.496 e. The molecule has 0 atom stereocenters. The standard InChI is InChI=1S/C23H21NO6/c1-12(22(25)15-6-8-16(9-7-15)23(26)27)17-10-18(20(29-5)11-19(17)28-4)21-13(2)24-30-14(21)3/h6-11H,1H2,2-5H3,(H,26,27). The van der Waals surface area contributed by atoms with E-state index < -0.39 is 5.97 Å². The summed E-state index contributed by atoms with van der Waals surface area (Å²) in [6.07, 6.45) is 0. The molecule has 0 unspecified atom stereocenters. The first-order valence-corrected chi connectivity index (χ1v) is 9.05. The topological polar surface area (TPSA) is 98.9 Å². The van der Waals surface area contributed by atoms with Gasteiger partial charge in [-0.1, -0.05) is 23.9 Å². The summed E-state index contributed by atoms with van der Waals surface area (Å²) in [4.78, 5) is 24.1. The number of rotatable bonds is 7. The minimum Gasteiger partial charge on any atom is -0.496 e. The summed E-state index contributed by atoms with van der Waals surface area (Å²) in [5.74, 6) is 0.163. The zero-order valence-corrected chi connectivity index (χ0v) is 17.1. The summed E-state index contributed by atoms with van der Waals surface area (Å²) in [6.45, 7) is 7.58. The Morgan fingerprint density at radius 3 is 2.10 bits per heavy atom. The quantitative estimate of drug-likeness (QED) is 0.452. The van der Waals surface area contributed by atoms with E-state index in [-0.39, 0.29) is 16.9 Å². The molecule has 2 aromatic carbocycles. The fraction of sp³-hybridized carbons (Fsp3) is 0.174. The van der Waals surface area contributed by atoms with Gasteiger partial charge in [0, 0.05) is 28.3 Å². The molecular formula is C23H21NO6. The molecule has 0 aliphatic rings. The normalized spacial score (nSPS) is 10.5. The van der Waals surface area contributed by atoms with Crippen molar-refractivity contribution in [1.82, 2.24) is 5.16 Å². The van der Waals surface area contributed by atoms with Gasteiger partial charge in [-0.3, -0.25) is 4.79 Å². The number of ketones is 1. The van der Waals surface area contributed by atoms with Gasteiger partial charge in [0.25, 0.3) is 0 Å². The van der Waals surface area contributed by atoms with Crippen LogP contribution < -0.4 is 9.47 Å². The Bertz CT molecular complexity index is 1120. The van der Waals surface area contributed by atoms with E-state index in [4.69, 9.17) is 19.1 Å². The van der Waals surface area contributed by atoms with Gasteiger partial charge >= 0.3 is 5.97 Å². The average molecular weight is 407 g/mol. The van der Waals surface area contributed by atoms with Crippen molar-refractivity contribution in [3.63, 3.8) is 0 Å². The highest BCUT2D eigenvalue weighted by atomic mass is 16.5. The number of ether oxygens (including phenoxy) is 2. The highest BCUT2D eigenvalue weighted by Crippen LogP contribution is 2.41. The molecule has 154 valence electrons. The van der Waals surface area contributed by atoms with Crippen molar-refractivity contribution in [2.75, 3.05) is 14.2 Å². The maximum Gasteiger partial charge on any atom is 0.335 e. The van der Waals surface area contributed by atoms with Gasteiger partial charge < -0.3 is 19.1 Å². The number of carboxylic acids is 1. The monoisotopic (exact) mass is 407 g/mol. The molecule has 0 saturated carbocycles. The van der Waals surface area contributed by atoms with Gasteiger partial charge in [0.15, 0.2) is 5.78 Å². The highest BCUT2D eigenvalue weighted by molar-refractivity contribution is 6.29. The fourth-order valence-corrected chi connectivity index (χ4v) is 3.26. The van der Waals surface area contributed by atoms with E-state index in [1.807, 2.05) is 6.92 Å². The SMILES string of the molecule is C=C(C(=O)c1ccc(C(=O)O)cc1)c1cc(-c2c(C)noc2C)c(OC)cc1OC. The number of aromatic nitrogens is 1. The van der Waals surface area contributed by atoms with Crippen molar-refractivity contribution < 1.29 is 28.7 Å². The Morgan fingerprint density at radius 2 is 1.60 bits per heavy atom. The van der Waals surface area contributed by atoms with E-state index in [2.05, 4.69) is 11.7 Å². The number of benzene rings is 2. The molecule has 0 aliphatic carbocycles. The molecule has 7 nitrogen and oxygen atoms in total. The second kappa shape index (κ2) is 8.24. The zero-order valence-electron chi connectivity index (χ0n) is 17.1. The Kier molecular flexibility index (Phi) is 5.73. The lowest BCUT2D eigenvalue weighted by Gasteiger charge is -2.16. The van der Waals surface area contributed by atoms with Gasteiger partial charge in [-0.05, 0) is 32.0 Å². The molecule has 30 heavy (non-hydrogen) atoms. The minimum atomic E-state index is -1.06. The summed E-state index contributed by atoms with van der Waals surface area (Å²) in [6, 6.07) is 9.12. The van der Waals surface area contributed by atoms with Crippen LogP contribution >= 0.6 is 0 Å². The van der Waals surface area contributed by atoms with Gasteiger partial charge in [0.2, 0.25) is 0 Å². The van der Waals surface area contributed by atoms with Gasteiger partial charge in [-0.25, -0.2) is 4.79 Å². The van der Waals surface area contributed by atoms with E-state index in [0.717, 1.165) is 5.56 Å². The van der Waals surface area contributed by atoms with Crippen LogP contribution in [0, 0.1) is 13.8 Å². The third kappa shape index (κ3) is 3.69. The van der Waals surface area contributed by atoms with Crippen LogP contribution in [0.2, 0.25) is 0 Å². The second-order valence-electron chi connectivity index (χ2n) is 6.64. The maximum atomic E-state index is 13.0. The smallest absolute Gasteiger partial charge is 0.335 e. The molecule has 0 fully saturated rings. The number of Topliss-reactive ketones (excluding diaryl/α,β-unsaturated/α-hetero) is 1. The van der Waals surface area contributed by atoms with Crippen LogP contribution in [0.1, 0.15) is 37.7 Å². The van der Waals surface area contributed by atoms with Crippen LogP contribution in [0.4, 0.5) is 0 Å². The highest BCUT2D eigenvalue weighted by Gasteiger charge is 2.23. The zero-order chi connectivity index (χ0) is 22.0. The molecule has 3 aromatic rings.